The summed E-state index contributed by atoms with van der Waals surface area (Å²) in [5.74, 6) is 1.77. The minimum atomic E-state index is -0.193. The summed E-state index contributed by atoms with van der Waals surface area (Å²) >= 11 is 0. The maximum Gasteiger partial charge on any atom is 0.151 e. The van der Waals surface area contributed by atoms with E-state index < -0.39 is 0 Å². The number of hydrogen-bond donors (Lipinski definition) is 0. The van der Waals surface area contributed by atoms with E-state index in [4.69, 9.17) is 4.74 Å². The molecule has 258 valence electrons. The van der Waals surface area contributed by atoms with Crippen LogP contribution in [0.25, 0.3) is 33.4 Å². The van der Waals surface area contributed by atoms with Crippen LogP contribution >= 0.6 is 0 Å². The fraction of sp³-hybridized carbons (Fsp3) is 0.0588. The van der Waals surface area contributed by atoms with Gasteiger partial charge in [-0.2, -0.15) is 0 Å². The molecule has 8 aromatic rings. The molecule has 2 aliphatic rings. The SMILES string of the molecule is CC1(C)c2ccc(-c3ccc(N(c4ccc(-c5ccccc5)cc4)c4ccc(-c5ccccc5)cc4)cc3)cc2N2c3ccccc3Oc3cccc1c32. The number of ether oxygens (including phenoxy) is 1. The Morgan fingerprint density at radius 1 is 0.389 bits per heavy atom. The maximum absolute atomic E-state index is 6.47. The van der Waals surface area contributed by atoms with Crippen LogP contribution in [0.1, 0.15) is 25.0 Å². The van der Waals surface area contributed by atoms with Gasteiger partial charge in [0.1, 0.15) is 0 Å². The number of rotatable bonds is 6. The first-order chi connectivity index (χ1) is 26.5. The summed E-state index contributed by atoms with van der Waals surface area (Å²) in [5.41, 5.74) is 16.2. The van der Waals surface area contributed by atoms with Gasteiger partial charge in [-0.05, 0) is 105 Å². The van der Waals surface area contributed by atoms with Gasteiger partial charge in [0.25, 0.3) is 0 Å². The number of fused-ring (bicyclic) bond motifs is 4. The molecule has 3 nitrogen and oxygen atoms in total. The molecule has 0 radical (unpaired) electrons. The monoisotopic (exact) mass is 694 g/mol. The van der Waals surface area contributed by atoms with Crippen molar-refractivity contribution in [2.45, 2.75) is 19.3 Å². The Kier molecular flexibility index (Phi) is 7.48. The molecule has 0 fully saturated rings. The van der Waals surface area contributed by atoms with Crippen LogP contribution in [0.3, 0.4) is 0 Å². The lowest BCUT2D eigenvalue weighted by molar-refractivity contribution is 0.471. The number of benzene rings is 8. The van der Waals surface area contributed by atoms with Crippen LogP contribution < -0.4 is 14.5 Å². The average molecular weight is 695 g/mol. The highest BCUT2D eigenvalue weighted by atomic mass is 16.5. The first-order valence-corrected chi connectivity index (χ1v) is 18.6. The minimum Gasteiger partial charge on any atom is -0.453 e. The highest BCUT2D eigenvalue weighted by Crippen LogP contribution is 2.60. The molecule has 0 N–H and O–H groups in total. The molecule has 0 aliphatic carbocycles. The van der Waals surface area contributed by atoms with Crippen molar-refractivity contribution < 1.29 is 4.74 Å². The van der Waals surface area contributed by atoms with Gasteiger partial charge in [-0.1, -0.05) is 147 Å². The Balaban J connectivity index is 1.04. The van der Waals surface area contributed by atoms with Gasteiger partial charge in [0.05, 0.1) is 17.1 Å². The molecule has 0 spiro atoms. The topological polar surface area (TPSA) is 15.7 Å². The molecule has 0 bridgehead atoms. The summed E-state index contributed by atoms with van der Waals surface area (Å²) in [6.07, 6.45) is 0. The van der Waals surface area contributed by atoms with Crippen LogP contribution in [0.15, 0.2) is 194 Å². The van der Waals surface area contributed by atoms with Crippen LogP contribution in [-0.2, 0) is 5.41 Å². The van der Waals surface area contributed by atoms with Gasteiger partial charge in [-0.3, -0.25) is 0 Å². The molecule has 8 aromatic carbocycles. The molecule has 3 heteroatoms. The smallest absolute Gasteiger partial charge is 0.151 e. The lowest BCUT2D eigenvalue weighted by Gasteiger charge is -2.45. The van der Waals surface area contributed by atoms with E-state index in [0.717, 1.165) is 39.9 Å². The van der Waals surface area contributed by atoms with Crippen molar-refractivity contribution in [2.75, 3.05) is 9.80 Å². The van der Waals surface area contributed by atoms with Crippen molar-refractivity contribution in [1.82, 2.24) is 0 Å². The summed E-state index contributed by atoms with van der Waals surface area (Å²) in [5, 5.41) is 0. The average Bonchev–Trinajstić information content (AvgIpc) is 3.23. The number of para-hydroxylation sites is 3. The largest absolute Gasteiger partial charge is 0.453 e. The van der Waals surface area contributed by atoms with Crippen LogP contribution in [0, 0.1) is 0 Å². The van der Waals surface area contributed by atoms with E-state index in [2.05, 4.69) is 212 Å². The number of hydrogen-bond acceptors (Lipinski definition) is 3. The quantitative estimate of drug-likeness (QED) is 0.172. The number of anilines is 6. The fourth-order valence-corrected chi connectivity index (χ4v) is 8.24. The van der Waals surface area contributed by atoms with Crippen molar-refractivity contribution in [3.63, 3.8) is 0 Å². The second-order valence-electron chi connectivity index (χ2n) is 14.6. The number of nitrogens with zero attached hydrogens (tertiary/aromatic N) is 2. The summed E-state index contributed by atoms with van der Waals surface area (Å²) in [6.45, 7) is 4.64. The van der Waals surface area contributed by atoms with Gasteiger partial charge in [0.2, 0.25) is 0 Å². The molecule has 0 aromatic heterocycles. The van der Waals surface area contributed by atoms with Gasteiger partial charge in [0, 0.05) is 22.5 Å². The van der Waals surface area contributed by atoms with E-state index in [9.17, 15) is 0 Å². The van der Waals surface area contributed by atoms with Gasteiger partial charge < -0.3 is 14.5 Å². The van der Waals surface area contributed by atoms with Crippen LogP contribution in [-0.4, -0.2) is 0 Å². The van der Waals surface area contributed by atoms with Crippen LogP contribution in [0.2, 0.25) is 0 Å². The Labute approximate surface area is 317 Å². The zero-order chi connectivity index (χ0) is 36.2. The first kappa shape index (κ1) is 31.9. The van der Waals surface area contributed by atoms with E-state index in [-0.39, 0.29) is 5.41 Å². The molecule has 54 heavy (non-hydrogen) atoms. The lowest BCUT2D eigenvalue weighted by atomic mass is 9.72. The third-order valence-electron chi connectivity index (χ3n) is 11.1. The van der Waals surface area contributed by atoms with E-state index >= 15 is 0 Å². The molecule has 2 heterocycles. The van der Waals surface area contributed by atoms with Crippen LogP contribution in [0.4, 0.5) is 34.1 Å². The van der Waals surface area contributed by atoms with Gasteiger partial charge >= 0.3 is 0 Å². The second-order valence-corrected chi connectivity index (χ2v) is 14.6. The molecule has 0 saturated heterocycles. The van der Waals surface area contributed by atoms with Crippen molar-refractivity contribution in [2.24, 2.45) is 0 Å². The highest BCUT2D eigenvalue weighted by Gasteiger charge is 2.41. The van der Waals surface area contributed by atoms with E-state index in [1.807, 2.05) is 6.07 Å². The molecule has 0 saturated carbocycles. The summed E-state index contributed by atoms with van der Waals surface area (Å²) in [7, 11) is 0. The van der Waals surface area contributed by atoms with Crippen molar-refractivity contribution >= 4 is 34.1 Å². The van der Waals surface area contributed by atoms with Gasteiger partial charge in [0.15, 0.2) is 11.5 Å². The fourth-order valence-electron chi connectivity index (χ4n) is 8.24. The van der Waals surface area contributed by atoms with E-state index in [1.54, 1.807) is 0 Å². The lowest BCUT2D eigenvalue weighted by Crippen LogP contribution is -2.32. The Hall–Kier alpha value is -6.84. The highest BCUT2D eigenvalue weighted by molar-refractivity contribution is 5.94. The summed E-state index contributed by atoms with van der Waals surface area (Å²) in [4.78, 5) is 4.74. The second kappa shape index (κ2) is 12.7. The van der Waals surface area contributed by atoms with Crippen molar-refractivity contribution in [3.8, 4) is 44.9 Å². The predicted molar refractivity (Wildman–Crippen MR) is 224 cm³/mol. The van der Waals surface area contributed by atoms with Gasteiger partial charge in [-0.15, -0.1) is 0 Å². The van der Waals surface area contributed by atoms with Crippen LogP contribution in [0.5, 0.6) is 11.5 Å². The standard InChI is InChI=1S/C51H38N2O/c1-51(2)44-33-26-40(34-47(44)53-46-17-9-10-18-48(46)54-49-19-11-16-45(51)50(49)53)39-24-31-43(32-25-39)52(41-27-20-37(21-28-41)35-12-5-3-6-13-35)42-29-22-38(23-30-42)36-14-7-4-8-15-36/h3-34H,1-2H3. The predicted octanol–water partition coefficient (Wildman–Crippen LogP) is 14.4. The zero-order valence-corrected chi connectivity index (χ0v) is 30.3. The maximum atomic E-state index is 6.47. The van der Waals surface area contributed by atoms with Crippen molar-refractivity contribution in [1.29, 1.82) is 0 Å². The summed E-state index contributed by atoms with van der Waals surface area (Å²) in [6, 6.07) is 69.6. The van der Waals surface area contributed by atoms with E-state index in [1.165, 1.54) is 50.2 Å². The molecule has 2 aliphatic heterocycles. The molecule has 10 rings (SSSR count). The zero-order valence-electron chi connectivity index (χ0n) is 30.3. The van der Waals surface area contributed by atoms with E-state index in [0.29, 0.717) is 0 Å². The third-order valence-corrected chi connectivity index (χ3v) is 11.1. The van der Waals surface area contributed by atoms with Gasteiger partial charge in [-0.25, -0.2) is 0 Å². The molecular weight excluding hydrogens is 657 g/mol. The van der Waals surface area contributed by atoms with Crippen molar-refractivity contribution in [3.05, 3.63) is 205 Å². The third kappa shape index (κ3) is 5.28. The first-order valence-electron chi connectivity index (χ1n) is 18.6. The molecular formula is C51H38N2O. The minimum absolute atomic E-state index is 0.193. The molecule has 0 amide bonds. The summed E-state index contributed by atoms with van der Waals surface area (Å²) < 4.78 is 6.47. The molecule has 0 unspecified atom stereocenters. The Morgan fingerprint density at radius 2 is 0.852 bits per heavy atom. The Bertz CT molecular complexity index is 2550. The Morgan fingerprint density at radius 3 is 1.43 bits per heavy atom. The molecule has 0 atom stereocenters. The normalized spacial score (nSPS) is 13.3.